The zero-order valence-corrected chi connectivity index (χ0v) is 13.7. The highest BCUT2D eigenvalue weighted by Crippen LogP contribution is 2.11. The number of hydrogen-bond donors (Lipinski definition) is 0. The van der Waals surface area contributed by atoms with Crippen molar-refractivity contribution in [3.63, 3.8) is 0 Å². The number of rotatable bonds is 11. The molecule has 0 fully saturated rings. The molecule has 116 valence electrons. The minimum Gasteiger partial charge on any atom is -0.295 e. The van der Waals surface area contributed by atoms with Crippen LogP contribution in [-0.2, 0) is 11.2 Å². The Bertz CT molecular complexity index is 405. The van der Waals surface area contributed by atoms with Crippen molar-refractivity contribution in [3.05, 3.63) is 48.0 Å². The van der Waals surface area contributed by atoms with Crippen molar-refractivity contribution in [2.75, 3.05) is 0 Å². The first-order valence-corrected chi connectivity index (χ1v) is 8.48. The molecule has 0 bridgehead atoms. The van der Waals surface area contributed by atoms with Crippen molar-refractivity contribution in [1.29, 1.82) is 0 Å². The molecule has 1 aromatic carbocycles. The molecule has 0 aliphatic rings. The van der Waals surface area contributed by atoms with Gasteiger partial charge in [0.1, 0.15) is 0 Å². The maximum atomic E-state index is 11.9. The van der Waals surface area contributed by atoms with Crippen LogP contribution in [0, 0.1) is 5.92 Å². The summed E-state index contributed by atoms with van der Waals surface area (Å²) in [6.07, 6.45) is 13.0. The Morgan fingerprint density at radius 2 is 1.86 bits per heavy atom. The fourth-order valence-corrected chi connectivity index (χ4v) is 2.44. The van der Waals surface area contributed by atoms with Crippen LogP contribution in [0.3, 0.4) is 0 Å². The first-order valence-electron chi connectivity index (χ1n) is 8.48. The molecule has 0 aromatic heterocycles. The molecule has 0 aliphatic heterocycles. The van der Waals surface area contributed by atoms with Crippen molar-refractivity contribution >= 4 is 5.78 Å². The van der Waals surface area contributed by atoms with E-state index in [9.17, 15) is 4.79 Å². The third-order valence-corrected chi connectivity index (χ3v) is 3.94. The van der Waals surface area contributed by atoms with Gasteiger partial charge in [0.05, 0.1) is 0 Å². The predicted molar refractivity (Wildman–Crippen MR) is 91.5 cm³/mol. The van der Waals surface area contributed by atoms with Crippen molar-refractivity contribution in [3.8, 4) is 0 Å². The Morgan fingerprint density at radius 1 is 1.10 bits per heavy atom. The highest BCUT2D eigenvalue weighted by atomic mass is 16.1. The monoisotopic (exact) mass is 286 g/mol. The van der Waals surface area contributed by atoms with E-state index in [0.29, 0.717) is 5.78 Å². The van der Waals surface area contributed by atoms with E-state index in [-0.39, 0.29) is 5.92 Å². The van der Waals surface area contributed by atoms with Gasteiger partial charge in [0.25, 0.3) is 0 Å². The van der Waals surface area contributed by atoms with Crippen LogP contribution in [0.2, 0.25) is 0 Å². The molecule has 0 saturated heterocycles. The van der Waals surface area contributed by atoms with Crippen LogP contribution < -0.4 is 0 Å². The topological polar surface area (TPSA) is 17.1 Å². The number of carbonyl (C=O) groups excluding carboxylic acids is 1. The molecule has 21 heavy (non-hydrogen) atoms. The Balaban J connectivity index is 2.09. The summed E-state index contributed by atoms with van der Waals surface area (Å²) in [7, 11) is 0. The number of hydrogen-bond acceptors (Lipinski definition) is 1. The van der Waals surface area contributed by atoms with Gasteiger partial charge in [0.15, 0.2) is 5.78 Å². The van der Waals surface area contributed by atoms with E-state index in [1.807, 2.05) is 0 Å². The number of carbonyl (C=O) groups is 1. The Hall–Kier alpha value is -1.37. The van der Waals surface area contributed by atoms with Crippen LogP contribution in [-0.4, -0.2) is 5.78 Å². The molecule has 0 saturated carbocycles. The number of aryl methyl sites for hydroxylation is 1. The number of ketones is 1. The highest BCUT2D eigenvalue weighted by Gasteiger charge is 2.08. The van der Waals surface area contributed by atoms with Gasteiger partial charge < -0.3 is 0 Å². The van der Waals surface area contributed by atoms with Crippen LogP contribution in [0.4, 0.5) is 0 Å². The van der Waals surface area contributed by atoms with Gasteiger partial charge in [-0.05, 0) is 43.7 Å². The normalized spacial score (nSPS) is 12.7. The molecule has 0 N–H and O–H groups in total. The Labute approximate surface area is 130 Å². The average molecular weight is 286 g/mol. The lowest BCUT2D eigenvalue weighted by molar-refractivity contribution is -0.117. The number of unbranched alkanes of at least 4 members (excludes halogenated alkanes) is 4. The lowest BCUT2D eigenvalue weighted by Crippen LogP contribution is -2.07. The third-order valence-electron chi connectivity index (χ3n) is 3.94. The summed E-state index contributed by atoms with van der Waals surface area (Å²) in [4.78, 5) is 11.9. The fraction of sp³-hybridized carbons (Fsp3) is 0.550. The second-order valence-corrected chi connectivity index (χ2v) is 5.93. The van der Waals surface area contributed by atoms with E-state index < -0.39 is 0 Å². The molecule has 0 aliphatic carbocycles. The van der Waals surface area contributed by atoms with Gasteiger partial charge in [-0.3, -0.25) is 4.79 Å². The van der Waals surface area contributed by atoms with Crippen molar-refractivity contribution < 1.29 is 4.79 Å². The van der Waals surface area contributed by atoms with Crippen molar-refractivity contribution in [1.82, 2.24) is 0 Å². The molecule has 1 aromatic rings. The first kappa shape index (κ1) is 17.7. The summed E-state index contributed by atoms with van der Waals surface area (Å²) in [6.45, 7) is 4.25. The van der Waals surface area contributed by atoms with Crippen molar-refractivity contribution in [2.24, 2.45) is 5.92 Å². The van der Waals surface area contributed by atoms with Crippen LogP contribution in [0.15, 0.2) is 42.5 Å². The molecule has 1 atom stereocenters. The minimum absolute atomic E-state index is 0.192. The van der Waals surface area contributed by atoms with Gasteiger partial charge in [0, 0.05) is 5.92 Å². The highest BCUT2D eigenvalue weighted by molar-refractivity contribution is 5.91. The van der Waals surface area contributed by atoms with E-state index in [4.69, 9.17) is 0 Å². The van der Waals surface area contributed by atoms with Crippen LogP contribution >= 0.6 is 0 Å². The second kappa shape index (κ2) is 11.3. The summed E-state index contributed by atoms with van der Waals surface area (Å²) in [5.41, 5.74) is 1.40. The van der Waals surface area contributed by atoms with E-state index >= 15 is 0 Å². The molecule has 1 rings (SSSR count). The number of benzene rings is 1. The average Bonchev–Trinajstić information content (AvgIpc) is 2.51. The summed E-state index contributed by atoms with van der Waals surface area (Å²) >= 11 is 0. The Morgan fingerprint density at radius 3 is 2.57 bits per heavy atom. The minimum atomic E-state index is 0.192. The summed E-state index contributed by atoms with van der Waals surface area (Å²) in [5, 5.41) is 0. The molecule has 0 heterocycles. The zero-order chi connectivity index (χ0) is 15.3. The lowest BCUT2D eigenvalue weighted by atomic mass is 9.98. The standard InChI is InChI=1S/C20H30O/c1-3-4-8-13-18(2)20(21)17-12-6-5-9-14-19-15-10-7-11-16-19/h7,10-12,15-18H,3-6,8-9,13-14H2,1-2H3/b17-12-/t18-/m0/s1. The molecule has 0 unspecified atom stereocenters. The molecule has 0 radical (unpaired) electrons. The SMILES string of the molecule is CCCCC[C@H](C)C(=O)/C=C\CCCCc1ccccc1. The van der Waals surface area contributed by atoms with Crippen LogP contribution in [0.5, 0.6) is 0 Å². The molecule has 1 nitrogen and oxygen atoms in total. The zero-order valence-electron chi connectivity index (χ0n) is 13.7. The smallest absolute Gasteiger partial charge is 0.158 e. The van der Waals surface area contributed by atoms with Gasteiger partial charge in [-0.15, -0.1) is 0 Å². The maximum Gasteiger partial charge on any atom is 0.158 e. The van der Waals surface area contributed by atoms with E-state index in [0.717, 1.165) is 25.7 Å². The predicted octanol–water partition coefficient (Wildman–Crippen LogP) is 5.74. The van der Waals surface area contributed by atoms with E-state index in [1.165, 1.54) is 31.2 Å². The molecular formula is C20H30O. The quantitative estimate of drug-likeness (QED) is 0.374. The van der Waals surface area contributed by atoms with Gasteiger partial charge in [-0.25, -0.2) is 0 Å². The number of allylic oxidation sites excluding steroid dienone is 2. The lowest BCUT2D eigenvalue weighted by Gasteiger charge is -2.06. The molecular weight excluding hydrogens is 256 g/mol. The van der Waals surface area contributed by atoms with Crippen LogP contribution in [0.1, 0.15) is 64.4 Å². The largest absolute Gasteiger partial charge is 0.295 e. The summed E-state index contributed by atoms with van der Waals surface area (Å²) < 4.78 is 0. The summed E-state index contributed by atoms with van der Waals surface area (Å²) in [6, 6.07) is 10.6. The Kier molecular flexibility index (Phi) is 9.52. The first-order chi connectivity index (χ1) is 10.2. The molecule has 0 spiro atoms. The summed E-state index contributed by atoms with van der Waals surface area (Å²) in [5.74, 6) is 0.492. The van der Waals surface area contributed by atoms with E-state index in [1.54, 1.807) is 6.08 Å². The molecule has 0 amide bonds. The van der Waals surface area contributed by atoms with Gasteiger partial charge in [-0.2, -0.15) is 0 Å². The second-order valence-electron chi connectivity index (χ2n) is 5.93. The van der Waals surface area contributed by atoms with E-state index in [2.05, 4.69) is 50.3 Å². The third kappa shape index (κ3) is 8.49. The van der Waals surface area contributed by atoms with Gasteiger partial charge >= 0.3 is 0 Å². The molecule has 1 heteroatoms. The fourth-order valence-electron chi connectivity index (χ4n) is 2.44. The van der Waals surface area contributed by atoms with Crippen molar-refractivity contribution in [2.45, 2.75) is 65.2 Å². The van der Waals surface area contributed by atoms with Gasteiger partial charge in [-0.1, -0.05) is 69.5 Å². The van der Waals surface area contributed by atoms with Crippen LogP contribution in [0.25, 0.3) is 0 Å². The van der Waals surface area contributed by atoms with Gasteiger partial charge in [0.2, 0.25) is 0 Å². The maximum absolute atomic E-state index is 11.9.